The standard InChI is InChI=1S/C18H18Cl2FN3O3/c1-11-13(17(20)27-22-11)3-5-16(25)23-6-8-24(9-7-23)18(26)14-10-12(19)2-4-15(14)21/h2,4,10H,3,5-9H2,1H3. The van der Waals surface area contributed by atoms with Crippen LogP contribution in [0.1, 0.15) is 28.0 Å². The fraction of sp³-hybridized carbons (Fsp3) is 0.389. The second kappa shape index (κ2) is 8.27. The number of hydrogen-bond donors (Lipinski definition) is 0. The molecule has 1 aliphatic rings. The van der Waals surface area contributed by atoms with Crippen LogP contribution in [0.25, 0.3) is 0 Å². The molecule has 2 amide bonds. The van der Waals surface area contributed by atoms with Crippen molar-refractivity contribution in [3.05, 3.63) is 51.1 Å². The van der Waals surface area contributed by atoms with Gasteiger partial charge in [0.25, 0.3) is 5.91 Å². The number of aryl methyl sites for hydroxylation is 1. The summed E-state index contributed by atoms with van der Waals surface area (Å²) in [6.45, 7) is 3.23. The van der Waals surface area contributed by atoms with E-state index in [2.05, 4.69) is 5.16 Å². The van der Waals surface area contributed by atoms with Crippen LogP contribution in [0, 0.1) is 12.7 Å². The van der Waals surface area contributed by atoms with Gasteiger partial charge in [-0.2, -0.15) is 0 Å². The summed E-state index contributed by atoms with van der Waals surface area (Å²) in [6.07, 6.45) is 0.721. The molecule has 1 aromatic heterocycles. The molecule has 0 saturated carbocycles. The number of hydrogen-bond acceptors (Lipinski definition) is 4. The first-order chi connectivity index (χ1) is 12.9. The molecule has 2 heterocycles. The summed E-state index contributed by atoms with van der Waals surface area (Å²) >= 11 is 11.8. The van der Waals surface area contributed by atoms with E-state index >= 15 is 0 Å². The Morgan fingerprint density at radius 3 is 2.48 bits per heavy atom. The van der Waals surface area contributed by atoms with Crippen LogP contribution in [0.4, 0.5) is 4.39 Å². The van der Waals surface area contributed by atoms with E-state index in [1.807, 2.05) is 0 Å². The summed E-state index contributed by atoms with van der Waals surface area (Å²) in [5, 5.41) is 4.27. The maximum atomic E-state index is 13.9. The lowest BCUT2D eigenvalue weighted by Gasteiger charge is -2.35. The van der Waals surface area contributed by atoms with Crippen molar-refractivity contribution in [1.82, 2.24) is 15.0 Å². The summed E-state index contributed by atoms with van der Waals surface area (Å²) in [5.41, 5.74) is 1.35. The molecule has 0 aliphatic carbocycles. The van der Waals surface area contributed by atoms with Crippen molar-refractivity contribution in [2.45, 2.75) is 19.8 Å². The lowest BCUT2D eigenvalue weighted by Crippen LogP contribution is -2.50. The van der Waals surface area contributed by atoms with Gasteiger partial charge in [-0.15, -0.1) is 0 Å². The molecule has 0 atom stereocenters. The van der Waals surface area contributed by atoms with Crippen molar-refractivity contribution >= 4 is 35.0 Å². The molecule has 0 N–H and O–H groups in total. The van der Waals surface area contributed by atoms with Gasteiger partial charge in [0, 0.05) is 43.2 Å². The molecule has 0 spiro atoms. The topological polar surface area (TPSA) is 66.7 Å². The quantitative estimate of drug-likeness (QED) is 0.770. The third-order valence-corrected chi connectivity index (χ3v) is 5.14. The van der Waals surface area contributed by atoms with Crippen LogP contribution in [0.3, 0.4) is 0 Å². The molecule has 2 aromatic rings. The molecule has 1 aromatic carbocycles. The highest BCUT2D eigenvalue weighted by Gasteiger charge is 2.26. The van der Waals surface area contributed by atoms with Crippen LogP contribution >= 0.6 is 23.2 Å². The fourth-order valence-electron chi connectivity index (χ4n) is 3.02. The van der Waals surface area contributed by atoms with E-state index in [9.17, 15) is 14.0 Å². The highest BCUT2D eigenvalue weighted by atomic mass is 35.5. The zero-order valence-electron chi connectivity index (χ0n) is 14.7. The molecule has 3 rings (SSSR count). The van der Waals surface area contributed by atoms with Crippen molar-refractivity contribution in [3.8, 4) is 0 Å². The van der Waals surface area contributed by atoms with Gasteiger partial charge in [0.1, 0.15) is 5.82 Å². The molecular weight excluding hydrogens is 396 g/mol. The number of rotatable bonds is 4. The van der Waals surface area contributed by atoms with E-state index < -0.39 is 11.7 Å². The van der Waals surface area contributed by atoms with Gasteiger partial charge in [0.2, 0.25) is 11.1 Å². The normalized spacial score (nSPS) is 14.5. The van der Waals surface area contributed by atoms with E-state index in [-0.39, 0.29) is 23.1 Å². The highest BCUT2D eigenvalue weighted by molar-refractivity contribution is 6.31. The van der Waals surface area contributed by atoms with Crippen molar-refractivity contribution in [2.75, 3.05) is 26.2 Å². The Hall–Kier alpha value is -2.12. The smallest absolute Gasteiger partial charge is 0.257 e. The van der Waals surface area contributed by atoms with Crippen molar-refractivity contribution < 1.29 is 18.5 Å². The molecule has 9 heteroatoms. The monoisotopic (exact) mass is 413 g/mol. The van der Waals surface area contributed by atoms with Gasteiger partial charge in [-0.3, -0.25) is 9.59 Å². The van der Waals surface area contributed by atoms with E-state index in [1.54, 1.807) is 11.8 Å². The van der Waals surface area contributed by atoms with Crippen LogP contribution < -0.4 is 0 Å². The molecule has 1 aliphatic heterocycles. The number of amides is 2. The van der Waals surface area contributed by atoms with Crippen LogP contribution in [0.2, 0.25) is 10.2 Å². The van der Waals surface area contributed by atoms with Gasteiger partial charge in [-0.05, 0) is 43.1 Å². The molecule has 1 saturated heterocycles. The minimum atomic E-state index is -0.608. The van der Waals surface area contributed by atoms with Gasteiger partial charge in [-0.25, -0.2) is 4.39 Å². The molecule has 0 radical (unpaired) electrons. The van der Waals surface area contributed by atoms with Gasteiger partial charge in [0.05, 0.1) is 11.3 Å². The van der Waals surface area contributed by atoms with Crippen molar-refractivity contribution in [3.63, 3.8) is 0 Å². The molecule has 27 heavy (non-hydrogen) atoms. The van der Waals surface area contributed by atoms with Crippen LogP contribution in [0.15, 0.2) is 22.7 Å². The third kappa shape index (κ3) is 4.42. The van der Waals surface area contributed by atoms with Gasteiger partial charge >= 0.3 is 0 Å². The number of nitrogens with zero attached hydrogens (tertiary/aromatic N) is 3. The number of aromatic nitrogens is 1. The highest BCUT2D eigenvalue weighted by Crippen LogP contribution is 2.21. The minimum absolute atomic E-state index is 0.0345. The lowest BCUT2D eigenvalue weighted by molar-refractivity contribution is -0.132. The fourth-order valence-corrected chi connectivity index (χ4v) is 3.46. The van der Waals surface area contributed by atoms with E-state index in [4.69, 9.17) is 27.7 Å². The zero-order chi connectivity index (χ0) is 19.6. The number of benzene rings is 1. The second-order valence-corrected chi connectivity index (χ2v) is 7.10. The number of piperazine rings is 1. The summed E-state index contributed by atoms with van der Waals surface area (Å²) in [4.78, 5) is 28.1. The van der Waals surface area contributed by atoms with Crippen molar-refractivity contribution in [1.29, 1.82) is 0 Å². The summed E-state index contributed by atoms with van der Waals surface area (Å²) in [7, 11) is 0. The number of halogens is 3. The maximum Gasteiger partial charge on any atom is 0.257 e. The Morgan fingerprint density at radius 2 is 1.85 bits per heavy atom. The Kier molecular flexibility index (Phi) is 6.01. The summed E-state index contributed by atoms with van der Waals surface area (Å²) < 4.78 is 18.8. The van der Waals surface area contributed by atoms with Crippen LogP contribution in [-0.4, -0.2) is 52.9 Å². The SMILES string of the molecule is Cc1noc(Cl)c1CCC(=O)N1CCN(C(=O)c2cc(Cl)ccc2F)CC1. The Bertz CT molecular complexity index is 844. The van der Waals surface area contributed by atoms with E-state index in [0.29, 0.717) is 43.3 Å². The second-order valence-electron chi connectivity index (χ2n) is 6.32. The zero-order valence-corrected chi connectivity index (χ0v) is 16.2. The number of carbonyl (C=O) groups excluding carboxylic acids is 2. The predicted molar refractivity (Wildman–Crippen MR) is 98.5 cm³/mol. The largest absolute Gasteiger partial charge is 0.344 e. The average molecular weight is 414 g/mol. The van der Waals surface area contributed by atoms with E-state index in [0.717, 1.165) is 5.56 Å². The molecule has 144 valence electrons. The molecule has 6 nitrogen and oxygen atoms in total. The average Bonchev–Trinajstić information content (AvgIpc) is 2.99. The first-order valence-electron chi connectivity index (χ1n) is 8.49. The van der Waals surface area contributed by atoms with Crippen molar-refractivity contribution in [2.24, 2.45) is 0 Å². The molecule has 1 fully saturated rings. The number of carbonyl (C=O) groups is 2. The van der Waals surface area contributed by atoms with Gasteiger partial charge in [-0.1, -0.05) is 16.8 Å². The minimum Gasteiger partial charge on any atom is -0.344 e. The van der Waals surface area contributed by atoms with Crippen LogP contribution in [-0.2, 0) is 11.2 Å². The first-order valence-corrected chi connectivity index (χ1v) is 9.25. The summed E-state index contributed by atoms with van der Waals surface area (Å²) in [6, 6.07) is 3.89. The Morgan fingerprint density at radius 1 is 1.19 bits per heavy atom. The molecule has 0 unspecified atom stereocenters. The molecular formula is C18H18Cl2FN3O3. The van der Waals surface area contributed by atoms with Gasteiger partial charge < -0.3 is 14.3 Å². The molecule has 0 bridgehead atoms. The van der Waals surface area contributed by atoms with Crippen LogP contribution in [0.5, 0.6) is 0 Å². The predicted octanol–water partition coefficient (Wildman–Crippen LogP) is 3.35. The van der Waals surface area contributed by atoms with E-state index in [1.165, 1.54) is 23.1 Å². The van der Waals surface area contributed by atoms with Gasteiger partial charge in [0.15, 0.2) is 0 Å². The lowest BCUT2D eigenvalue weighted by atomic mass is 10.1. The summed E-state index contributed by atoms with van der Waals surface area (Å²) in [5.74, 6) is -1.06. The third-order valence-electron chi connectivity index (χ3n) is 4.60. The first kappa shape index (κ1) is 19.6. The Balaban J connectivity index is 1.54. The maximum absolute atomic E-state index is 13.9. The Labute approximate surface area is 165 Å².